The molecule has 10 nitrogen and oxygen atoms in total. The van der Waals surface area contributed by atoms with Crippen LogP contribution < -0.4 is 26.3 Å². The predicted molar refractivity (Wildman–Crippen MR) is 221 cm³/mol. The second-order valence-corrected chi connectivity index (χ2v) is 20.4. The van der Waals surface area contributed by atoms with E-state index < -0.39 is 14.4 Å². The molecule has 1 aliphatic heterocycles. The van der Waals surface area contributed by atoms with Gasteiger partial charge in [0, 0.05) is 49.2 Å². The first-order valence-corrected chi connectivity index (χ1v) is 21.5. The van der Waals surface area contributed by atoms with Gasteiger partial charge >= 0.3 is 11.8 Å². The fourth-order valence-corrected chi connectivity index (χ4v) is 13.3. The van der Waals surface area contributed by atoms with E-state index in [0.717, 1.165) is 83.8 Å². The zero-order valence-electron chi connectivity index (χ0n) is 31.9. The van der Waals surface area contributed by atoms with E-state index in [1.807, 2.05) is 21.4 Å². The maximum absolute atomic E-state index is 14.0. The molecule has 0 spiro atoms. The Morgan fingerprint density at radius 2 is 1.65 bits per heavy atom. The first kappa shape index (κ1) is 36.7. The fraction of sp³-hybridized carbons (Fsp3) is 0.364. The number of carboxylic acid groups (broad SMARTS) is 1. The summed E-state index contributed by atoms with van der Waals surface area (Å²) in [6, 6.07) is 30.1. The lowest BCUT2D eigenvalue weighted by molar-refractivity contribution is 0.191. The third kappa shape index (κ3) is 7.18. The summed E-state index contributed by atoms with van der Waals surface area (Å²) >= 11 is 0. The minimum absolute atomic E-state index is 0.00837. The maximum Gasteiger partial charge on any atom is 0.404 e. The van der Waals surface area contributed by atoms with Crippen molar-refractivity contribution in [2.24, 2.45) is 0 Å². The van der Waals surface area contributed by atoms with Crippen molar-refractivity contribution in [3.8, 4) is 0 Å². The second-order valence-electron chi connectivity index (χ2n) is 16.1. The van der Waals surface area contributed by atoms with Crippen LogP contribution in [0.25, 0.3) is 21.8 Å². The SMILES string of the molecule is CC(C)(C)[Si](OCCCCc1c(Cn2c(=O)n(C3CC3)c3ccncc32)ncc2cc(N3CCC(NC(=O)O)C3)ccc12)(c1ccccc1)c1ccccc1. The van der Waals surface area contributed by atoms with Gasteiger partial charge in [-0.3, -0.25) is 19.1 Å². The van der Waals surface area contributed by atoms with Gasteiger partial charge in [0.15, 0.2) is 0 Å². The largest absolute Gasteiger partial charge is 0.465 e. The van der Waals surface area contributed by atoms with E-state index >= 15 is 0 Å². The summed E-state index contributed by atoms with van der Waals surface area (Å²) in [7, 11) is -2.65. The molecule has 1 aliphatic carbocycles. The minimum Gasteiger partial charge on any atom is -0.465 e. The number of carbonyl (C=O) groups is 1. The number of fused-ring (bicyclic) bond motifs is 2. The van der Waals surface area contributed by atoms with Gasteiger partial charge in [0.2, 0.25) is 0 Å². The average molecular weight is 755 g/mol. The van der Waals surface area contributed by atoms with E-state index in [2.05, 4.69) is 115 Å². The summed E-state index contributed by atoms with van der Waals surface area (Å²) in [5.41, 5.74) is 4.84. The Morgan fingerprint density at radius 3 is 2.33 bits per heavy atom. The monoisotopic (exact) mass is 754 g/mol. The number of nitrogens with one attached hydrogen (secondary N) is 1. The van der Waals surface area contributed by atoms with Gasteiger partial charge in [-0.15, -0.1) is 0 Å². The molecule has 3 aromatic carbocycles. The number of benzene rings is 3. The van der Waals surface area contributed by atoms with Crippen LogP contribution in [0.15, 0.2) is 108 Å². The van der Waals surface area contributed by atoms with Crippen molar-refractivity contribution in [2.75, 3.05) is 24.6 Å². The smallest absolute Gasteiger partial charge is 0.404 e. The van der Waals surface area contributed by atoms with Crippen molar-refractivity contribution >= 4 is 52.3 Å². The van der Waals surface area contributed by atoms with Crippen molar-refractivity contribution in [1.29, 1.82) is 0 Å². The molecule has 1 saturated carbocycles. The Kier molecular flexibility index (Phi) is 10.1. The molecule has 8 rings (SSSR count). The number of imidazole rings is 1. The third-order valence-electron chi connectivity index (χ3n) is 11.5. The number of anilines is 1. The van der Waals surface area contributed by atoms with E-state index in [4.69, 9.17) is 9.41 Å². The van der Waals surface area contributed by atoms with Gasteiger partial charge in [-0.05, 0) is 83.1 Å². The lowest BCUT2D eigenvalue weighted by Gasteiger charge is -2.43. The van der Waals surface area contributed by atoms with Gasteiger partial charge in [-0.25, -0.2) is 9.59 Å². The summed E-state index contributed by atoms with van der Waals surface area (Å²) in [6.45, 7) is 9.33. The van der Waals surface area contributed by atoms with Gasteiger partial charge in [-0.2, -0.15) is 0 Å². The molecule has 2 aliphatic rings. The zero-order chi connectivity index (χ0) is 38.2. The van der Waals surface area contributed by atoms with Crippen molar-refractivity contribution in [3.05, 3.63) is 125 Å². The molecular weight excluding hydrogens is 705 g/mol. The highest BCUT2D eigenvalue weighted by Crippen LogP contribution is 2.38. The Morgan fingerprint density at radius 1 is 0.927 bits per heavy atom. The molecular formula is C44H50N6O4Si. The standard InChI is InChI=1S/C44H50N6O4Si/c1-44(2,3)55(35-12-6-4-7-13-35,36-14-8-5-9-15-36)54-25-11-10-16-38-37-20-19-34(48-24-22-32(29-48)47-42(51)52)26-31(37)27-46-39(38)30-49-41-28-45-23-21-40(41)50(43(49)53)33-17-18-33/h4-9,12-15,19-21,23,26-28,32-33,47H,10-11,16-18,22,24-25,29-30H2,1-3H3,(H,51,52). The third-order valence-corrected chi connectivity index (χ3v) is 16.5. The molecule has 2 fully saturated rings. The first-order valence-electron chi connectivity index (χ1n) is 19.6. The van der Waals surface area contributed by atoms with Crippen LogP contribution in [0, 0.1) is 0 Å². The number of aromatic nitrogens is 4. The van der Waals surface area contributed by atoms with Gasteiger partial charge < -0.3 is 19.7 Å². The first-order chi connectivity index (χ1) is 26.6. The number of hydrogen-bond acceptors (Lipinski definition) is 6. The fourth-order valence-electron chi connectivity index (χ4n) is 8.72. The van der Waals surface area contributed by atoms with Crippen molar-refractivity contribution in [1.82, 2.24) is 24.4 Å². The molecule has 6 aromatic rings. The summed E-state index contributed by atoms with van der Waals surface area (Å²) in [5.74, 6) is 0. The lowest BCUT2D eigenvalue weighted by atomic mass is 9.98. The van der Waals surface area contributed by atoms with E-state index in [1.54, 1.807) is 12.4 Å². The normalized spacial score (nSPS) is 16.3. The van der Waals surface area contributed by atoms with E-state index in [1.165, 1.54) is 10.4 Å². The Bertz CT molecular complexity index is 2330. The molecule has 284 valence electrons. The number of amides is 1. The molecule has 55 heavy (non-hydrogen) atoms. The van der Waals surface area contributed by atoms with E-state index in [9.17, 15) is 14.7 Å². The molecule has 1 unspecified atom stereocenters. The topological polar surface area (TPSA) is 115 Å². The maximum atomic E-state index is 14.0. The van der Waals surface area contributed by atoms with Crippen molar-refractivity contribution in [2.45, 2.75) is 83.0 Å². The molecule has 3 aromatic heterocycles. The van der Waals surface area contributed by atoms with Crippen LogP contribution in [0.2, 0.25) is 5.04 Å². The minimum atomic E-state index is -2.65. The van der Waals surface area contributed by atoms with Gasteiger partial charge in [0.05, 0.1) is 35.5 Å². The quantitative estimate of drug-likeness (QED) is 0.0977. The average Bonchev–Trinajstić information content (AvgIpc) is 3.84. The summed E-state index contributed by atoms with van der Waals surface area (Å²) in [6.07, 6.45) is 9.84. The second kappa shape index (κ2) is 15.1. The molecule has 4 heterocycles. The van der Waals surface area contributed by atoms with Crippen LogP contribution in [0.3, 0.4) is 0 Å². The van der Waals surface area contributed by atoms with Gasteiger partial charge in [0.1, 0.15) is 0 Å². The highest BCUT2D eigenvalue weighted by molar-refractivity contribution is 6.99. The molecule has 0 radical (unpaired) electrons. The summed E-state index contributed by atoms with van der Waals surface area (Å²) in [5, 5.41) is 16.5. The van der Waals surface area contributed by atoms with Crippen LogP contribution >= 0.6 is 0 Å². The van der Waals surface area contributed by atoms with Gasteiger partial charge in [-0.1, -0.05) is 87.5 Å². The Labute approximate surface area is 322 Å². The number of nitrogens with zero attached hydrogens (tertiary/aromatic N) is 5. The van der Waals surface area contributed by atoms with Crippen LogP contribution in [-0.4, -0.2) is 64.4 Å². The zero-order valence-corrected chi connectivity index (χ0v) is 32.9. The molecule has 11 heteroatoms. The molecule has 1 amide bonds. The number of rotatable bonds is 13. The van der Waals surface area contributed by atoms with Crippen molar-refractivity contribution in [3.63, 3.8) is 0 Å². The predicted octanol–water partition coefficient (Wildman–Crippen LogP) is 6.88. The number of unbranched alkanes of at least 4 members (excludes halogenated alkanes) is 1. The van der Waals surface area contributed by atoms with Crippen molar-refractivity contribution < 1.29 is 14.3 Å². The highest BCUT2D eigenvalue weighted by Gasteiger charge is 2.50. The number of pyridine rings is 2. The molecule has 1 saturated heterocycles. The number of aryl methyl sites for hydroxylation is 1. The molecule has 2 N–H and O–H groups in total. The highest BCUT2D eigenvalue weighted by atomic mass is 28.4. The number of hydrogen-bond donors (Lipinski definition) is 2. The van der Waals surface area contributed by atoms with Crippen LogP contribution in [0.4, 0.5) is 10.5 Å². The summed E-state index contributed by atoms with van der Waals surface area (Å²) < 4.78 is 11.0. The Balaban J connectivity index is 1.09. The van der Waals surface area contributed by atoms with Crippen LogP contribution in [-0.2, 0) is 17.4 Å². The van der Waals surface area contributed by atoms with E-state index in [0.29, 0.717) is 19.7 Å². The van der Waals surface area contributed by atoms with Crippen LogP contribution in [0.1, 0.15) is 70.2 Å². The van der Waals surface area contributed by atoms with Gasteiger partial charge in [0.25, 0.3) is 8.32 Å². The molecule has 0 bridgehead atoms. The molecule has 1 atom stereocenters. The summed E-state index contributed by atoms with van der Waals surface area (Å²) in [4.78, 5) is 36.9. The van der Waals surface area contributed by atoms with Crippen LogP contribution in [0.5, 0.6) is 0 Å². The van der Waals surface area contributed by atoms with E-state index in [-0.39, 0.29) is 22.8 Å². The Hall–Kier alpha value is -5.26. The lowest BCUT2D eigenvalue weighted by Crippen LogP contribution is -2.66.